The van der Waals surface area contributed by atoms with E-state index < -0.39 is 0 Å². The summed E-state index contributed by atoms with van der Waals surface area (Å²) in [4.78, 5) is 17.9. The number of nitrogens with zero attached hydrogens (tertiary/aromatic N) is 1. The number of fused-ring (bicyclic) bond motifs is 1. The van der Waals surface area contributed by atoms with Crippen molar-refractivity contribution in [2.75, 3.05) is 13.7 Å². The van der Waals surface area contributed by atoms with Gasteiger partial charge in [-0.2, -0.15) is 0 Å². The first-order valence-corrected chi connectivity index (χ1v) is 10.5. The van der Waals surface area contributed by atoms with Gasteiger partial charge in [0.05, 0.1) is 17.6 Å². The number of thiophene rings is 2. The number of carbonyl (C=O) groups excluding carboxylic acids is 1. The molecule has 25 heavy (non-hydrogen) atoms. The molecule has 1 aliphatic heterocycles. The summed E-state index contributed by atoms with van der Waals surface area (Å²) in [5, 5.41) is 4.20. The molecular weight excluding hydrogens is 418 g/mol. The molecule has 1 aromatic carbocycles. The quantitative estimate of drug-likeness (QED) is 0.555. The van der Waals surface area contributed by atoms with Crippen molar-refractivity contribution in [2.24, 2.45) is 0 Å². The number of hydrogen-bond acceptors (Lipinski definition) is 4. The molecule has 0 bridgehead atoms. The van der Waals surface area contributed by atoms with Crippen LogP contribution in [0.3, 0.4) is 0 Å². The highest BCUT2D eigenvalue weighted by Gasteiger charge is 2.34. The first-order valence-electron chi connectivity index (χ1n) is 7.93. The first kappa shape index (κ1) is 16.8. The molecule has 3 heterocycles. The van der Waals surface area contributed by atoms with Gasteiger partial charge in [0.15, 0.2) is 0 Å². The molecule has 1 atom stereocenters. The molecule has 0 saturated heterocycles. The molecule has 1 aliphatic rings. The summed E-state index contributed by atoms with van der Waals surface area (Å²) in [7, 11) is 1.62. The van der Waals surface area contributed by atoms with Gasteiger partial charge in [0.2, 0.25) is 0 Å². The highest BCUT2D eigenvalue weighted by Crippen LogP contribution is 2.40. The van der Waals surface area contributed by atoms with Gasteiger partial charge >= 0.3 is 0 Å². The zero-order valence-corrected chi connectivity index (χ0v) is 16.8. The van der Waals surface area contributed by atoms with Crippen molar-refractivity contribution in [2.45, 2.75) is 12.5 Å². The number of benzene rings is 1. The van der Waals surface area contributed by atoms with Crippen molar-refractivity contribution >= 4 is 44.5 Å². The highest BCUT2D eigenvalue weighted by molar-refractivity contribution is 9.10. The average Bonchev–Trinajstić information content (AvgIpc) is 3.31. The summed E-state index contributed by atoms with van der Waals surface area (Å²) in [6.07, 6.45) is 0.915. The van der Waals surface area contributed by atoms with E-state index in [1.807, 2.05) is 29.2 Å². The minimum Gasteiger partial charge on any atom is -0.496 e. The number of rotatable bonds is 3. The maximum atomic E-state index is 13.3. The van der Waals surface area contributed by atoms with Crippen molar-refractivity contribution in [3.05, 3.63) is 72.5 Å². The molecule has 0 N–H and O–H groups in total. The Hall–Kier alpha value is -1.63. The summed E-state index contributed by atoms with van der Waals surface area (Å²) in [6, 6.07) is 11.8. The Morgan fingerprint density at radius 3 is 2.84 bits per heavy atom. The van der Waals surface area contributed by atoms with E-state index >= 15 is 0 Å². The smallest absolute Gasteiger partial charge is 0.254 e. The fourth-order valence-electron chi connectivity index (χ4n) is 3.25. The lowest BCUT2D eigenvalue weighted by atomic mass is 9.97. The molecule has 128 valence electrons. The minimum absolute atomic E-state index is 0.00313. The van der Waals surface area contributed by atoms with E-state index in [9.17, 15) is 4.79 Å². The lowest BCUT2D eigenvalue weighted by Gasteiger charge is -2.35. The second-order valence-corrected chi connectivity index (χ2v) is 8.65. The van der Waals surface area contributed by atoms with E-state index in [1.54, 1.807) is 29.8 Å². The molecule has 0 radical (unpaired) electrons. The summed E-state index contributed by atoms with van der Waals surface area (Å²) in [5.41, 5.74) is 1.94. The van der Waals surface area contributed by atoms with Crippen LogP contribution in [0.2, 0.25) is 0 Å². The van der Waals surface area contributed by atoms with Crippen LogP contribution < -0.4 is 4.74 Å². The van der Waals surface area contributed by atoms with E-state index in [0.717, 1.165) is 23.2 Å². The zero-order chi connectivity index (χ0) is 17.4. The van der Waals surface area contributed by atoms with Crippen LogP contribution in [0, 0.1) is 0 Å². The second-order valence-electron chi connectivity index (χ2n) is 5.81. The van der Waals surface area contributed by atoms with Crippen LogP contribution in [-0.2, 0) is 6.42 Å². The topological polar surface area (TPSA) is 29.5 Å². The molecule has 0 aliphatic carbocycles. The number of carbonyl (C=O) groups is 1. The lowest BCUT2D eigenvalue weighted by Crippen LogP contribution is -2.39. The van der Waals surface area contributed by atoms with Gasteiger partial charge in [0.1, 0.15) is 5.75 Å². The molecule has 6 heteroatoms. The third-order valence-corrected chi connectivity index (χ3v) is 6.98. The van der Waals surface area contributed by atoms with Crippen LogP contribution in [0.1, 0.15) is 31.7 Å². The summed E-state index contributed by atoms with van der Waals surface area (Å²) < 4.78 is 6.07. The SMILES string of the molecule is COc1ccc(C(=O)N2CCc3sccc3C2c2cccs2)cc1Br. The van der Waals surface area contributed by atoms with Crippen LogP contribution in [0.4, 0.5) is 0 Å². The molecule has 0 fully saturated rings. The normalized spacial score (nSPS) is 16.6. The minimum atomic E-state index is 0.00313. The maximum absolute atomic E-state index is 13.3. The molecular formula is C19H16BrNO2S2. The zero-order valence-electron chi connectivity index (χ0n) is 13.6. The van der Waals surface area contributed by atoms with E-state index in [0.29, 0.717) is 5.56 Å². The van der Waals surface area contributed by atoms with Gasteiger partial charge in [0.25, 0.3) is 5.91 Å². The van der Waals surface area contributed by atoms with Gasteiger partial charge in [0, 0.05) is 21.9 Å². The Kier molecular flexibility index (Phi) is 4.67. The second kappa shape index (κ2) is 6.94. The Labute approximate surface area is 163 Å². The Bertz CT molecular complexity index is 904. The summed E-state index contributed by atoms with van der Waals surface area (Å²) in [6.45, 7) is 0.735. The summed E-state index contributed by atoms with van der Waals surface area (Å²) in [5.74, 6) is 0.781. The molecule has 2 aromatic heterocycles. The largest absolute Gasteiger partial charge is 0.496 e. The predicted octanol–water partition coefficient (Wildman–Crippen LogP) is 5.37. The van der Waals surface area contributed by atoms with Crippen LogP contribution in [0.15, 0.2) is 51.6 Å². The van der Waals surface area contributed by atoms with E-state index in [1.165, 1.54) is 15.3 Å². The molecule has 1 amide bonds. The highest BCUT2D eigenvalue weighted by atomic mass is 79.9. The standard InChI is InChI=1S/C19H16BrNO2S2/c1-23-15-5-4-12(11-14(15)20)19(22)21-8-6-16-13(7-10-25-16)18(21)17-3-2-9-24-17/h2-5,7,9-11,18H,6,8H2,1H3. The number of amides is 1. The monoisotopic (exact) mass is 433 g/mol. The third kappa shape index (κ3) is 3.03. The van der Waals surface area contributed by atoms with Crippen molar-refractivity contribution in [3.8, 4) is 5.75 Å². The van der Waals surface area contributed by atoms with E-state index in [-0.39, 0.29) is 11.9 Å². The van der Waals surface area contributed by atoms with Gasteiger partial charge in [-0.05, 0) is 69.0 Å². The molecule has 3 aromatic rings. The van der Waals surface area contributed by atoms with Crippen LogP contribution >= 0.6 is 38.6 Å². The molecule has 1 unspecified atom stereocenters. The van der Waals surface area contributed by atoms with Crippen molar-refractivity contribution in [3.63, 3.8) is 0 Å². The van der Waals surface area contributed by atoms with Gasteiger partial charge in [-0.3, -0.25) is 4.79 Å². The summed E-state index contributed by atoms with van der Waals surface area (Å²) >= 11 is 6.97. The lowest BCUT2D eigenvalue weighted by molar-refractivity contribution is 0.0698. The van der Waals surface area contributed by atoms with E-state index in [2.05, 4.69) is 38.8 Å². The van der Waals surface area contributed by atoms with Gasteiger partial charge < -0.3 is 9.64 Å². The fraction of sp³-hybridized carbons (Fsp3) is 0.211. The molecule has 0 spiro atoms. The van der Waals surface area contributed by atoms with Crippen molar-refractivity contribution in [1.29, 1.82) is 0 Å². The molecule has 4 rings (SSSR count). The fourth-order valence-corrected chi connectivity index (χ4v) is 5.55. The van der Waals surface area contributed by atoms with Crippen LogP contribution in [0.5, 0.6) is 5.75 Å². The van der Waals surface area contributed by atoms with Crippen LogP contribution in [0.25, 0.3) is 0 Å². The van der Waals surface area contributed by atoms with Gasteiger partial charge in [-0.15, -0.1) is 22.7 Å². The maximum Gasteiger partial charge on any atom is 0.254 e. The first-order chi connectivity index (χ1) is 12.2. The molecule has 0 saturated carbocycles. The number of ether oxygens (including phenoxy) is 1. The Morgan fingerprint density at radius 2 is 2.12 bits per heavy atom. The van der Waals surface area contributed by atoms with Crippen molar-refractivity contribution in [1.82, 2.24) is 4.90 Å². The predicted molar refractivity (Wildman–Crippen MR) is 106 cm³/mol. The van der Waals surface area contributed by atoms with Crippen LogP contribution in [-0.4, -0.2) is 24.5 Å². The van der Waals surface area contributed by atoms with Crippen molar-refractivity contribution < 1.29 is 9.53 Å². The van der Waals surface area contributed by atoms with Gasteiger partial charge in [-0.1, -0.05) is 6.07 Å². The average molecular weight is 434 g/mol. The number of hydrogen-bond donors (Lipinski definition) is 0. The number of methoxy groups -OCH3 is 1. The Morgan fingerprint density at radius 1 is 1.24 bits per heavy atom. The van der Waals surface area contributed by atoms with E-state index in [4.69, 9.17) is 4.74 Å². The molecule has 3 nitrogen and oxygen atoms in total. The third-order valence-electron chi connectivity index (χ3n) is 4.44. The van der Waals surface area contributed by atoms with Gasteiger partial charge in [-0.25, -0.2) is 0 Å². The number of halogens is 1. The Balaban J connectivity index is 1.73.